The molecular formula is C19H19ClF2N2O2. The summed E-state index contributed by atoms with van der Waals surface area (Å²) in [5, 5.41) is 3.06. The Balaban J connectivity index is 1.75. The van der Waals surface area contributed by atoms with Crippen molar-refractivity contribution in [3.8, 4) is 0 Å². The van der Waals surface area contributed by atoms with Gasteiger partial charge in [-0.25, -0.2) is 8.78 Å². The van der Waals surface area contributed by atoms with Crippen molar-refractivity contribution < 1.29 is 18.3 Å². The van der Waals surface area contributed by atoms with Gasteiger partial charge in [0.25, 0.3) is 5.91 Å². The van der Waals surface area contributed by atoms with Crippen molar-refractivity contribution in [2.45, 2.75) is 6.04 Å². The molecule has 0 aromatic heterocycles. The Morgan fingerprint density at radius 3 is 2.54 bits per heavy atom. The van der Waals surface area contributed by atoms with Gasteiger partial charge >= 0.3 is 0 Å². The van der Waals surface area contributed by atoms with E-state index in [4.69, 9.17) is 16.3 Å². The number of halogens is 3. The Morgan fingerprint density at radius 2 is 1.85 bits per heavy atom. The van der Waals surface area contributed by atoms with Gasteiger partial charge < -0.3 is 10.1 Å². The molecule has 0 saturated carbocycles. The van der Waals surface area contributed by atoms with E-state index in [0.29, 0.717) is 31.3 Å². The maximum atomic E-state index is 13.9. The molecule has 4 nitrogen and oxygen atoms in total. The number of nitrogens with one attached hydrogen (secondary N) is 1. The monoisotopic (exact) mass is 380 g/mol. The first-order valence-corrected chi connectivity index (χ1v) is 8.73. The molecular weight excluding hydrogens is 362 g/mol. The fraction of sp³-hybridized carbons (Fsp3) is 0.316. The Kier molecular flexibility index (Phi) is 6.19. The average Bonchev–Trinajstić information content (AvgIpc) is 2.66. The summed E-state index contributed by atoms with van der Waals surface area (Å²) in [6, 6.07) is 9.87. The summed E-state index contributed by atoms with van der Waals surface area (Å²) >= 11 is 5.85. The van der Waals surface area contributed by atoms with Crippen molar-refractivity contribution in [2.75, 3.05) is 32.8 Å². The lowest BCUT2D eigenvalue weighted by atomic mass is 10.0. The van der Waals surface area contributed by atoms with Crippen LogP contribution >= 0.6 is 11.6 Å². The number of benzene rings is 2. The lowest BCUT2D eigenvalue weighted by Crippen LogP contribution is -2.43. The van der Waals surface area contributed by atoms with Gasteiger partial charge in [0.05, 0.1) is 24.8 Å². The Morgan fingerprint density at radius 1 is 1.15 bits per heavy atom. The Hall–Kier alpha value is -2.02. The van der Waals surface area contributed by atoms with Crippen molar-refractivity contribution in [1.82, 2.24) is 10.2 Å². The highest BCUT2D eigenvalue weighted by Gasteiger charge is 2.24. The van der Waals surface area contributed by atoms with E-state index < -0.39 is 11.7 Å². The van der Waals surface area contributed by atoms with Crippen LogP contribution in [0.2, 0.25) is 5.02 Å². The molecule has 0 aliphatic carbocycles. The molecule has 3 rings (SSSR count). The Labute approximate surface area is 155 Å². The maximum Gasteiger partial charge on any atom is 0.254 e. The number of hydrogen-bond donors (Lipinski definition) is 1. The molecule has 1 heterocycles. The quantitative estimate of drug-likeness (QED) is 0.864. The van der Waals surface area contributed by atoms with Crippen LogP contribution in [-0.2, 0) is 4.74 Å². The lowest BCUT2D eigenvalue weighted by molar-refractivity contribution is 0.0162. The van der Waals surface area contributed by atoms with Gasteiger partial charge in [0.1, 0.15) is 11.6 Å². The molecule has 0 radical (unpaired) electrons. The second-order valence-corrected chi connectivity index (χ2v) is 6.49. The molecule has 1 fully saturated rings. The van der Waals surface area contributed by atoms with Crippen molar-refractivity contribution in [3.63, 3.8) is 0 Å². The van der Waals surface area contributed by atoms with E-state index in [0.717, 1.165) is 11.6 Å². The summed E-state index contributed by atoms with van der Waals surface area (Å²) in [6.45, 7) is 2.84. The van der Waals surface area contributed by atoms with Crippen LogP contribution in [0.25, 0.3) is 0 Å². The van der Waals surface area contributed by atoms with E-state index in [1.54, 1.807) is 12.1 Å². The minimum Gasteiger partial charge on any atom is -0.379 e. The zero-order valence-electron chi connectivity index (χ0n) is 14.1. The highest BCUT2D eigenvalue weighted by molar-refractivity contribution is 6.31. The van der Waals surface area contributed by atoms with Crippen LogP contribution in [0.15, 0.2) is 42.5 Å². The SMILES string of the molecule is O=C(NC[C@@H](c1ccc(F)cc1)N1CCOCC1)c1cc(Cl)ccc1F. The standard InChI is InChI=1S/C19H19ClF2N2O2/c20-14-3-6-17(22)16(11-14)19(25)23-12-18(24-7-9-26-10-8-24)13-1-4-15(21)5-2-13/h1-6,11,18H,7-10,12H2,(H,23,25)/t18-/m0/s1. The predicted octanol–water partition coefficient (Wildman–Crippen LogP) is 3.42. The highest BCUT2D eigenvalue weighted by Crippen LogP contribution is 2.22. The first kappa shape index (κ1) is 18.8. The normalized spacial score (nSPS) is 16.3. The van der Waals surface area contributed by atoms with Gasteiger partial charge in [-0.15, -0.1) is 0 Å². The molecule has 2 aromatic carbocycles. The van der Waals surface area contributed by atoms with Gasteiger partial charge in [0.2, 0.25) is 0 Å². The topological polar surface area (TPSA) is 41.6 Å². The van der Waals surface area contributed by atoms with Crippen LogP contribution < -0.4 is 5.32 Å². The fourth-order valence-electron chi connectivity index (χ4n) is 2.99. The van der Waals surface area contributed by atoms with Crippen LogP contribution in [0.3, 0.4) is 0 Å². The van der Waals surface area contributed by atoms with E-state index in [-0.39, 0.29) is 24.0 Å². The number of ether oxygens (including phenoxy) is 1. The van der Waals surface area contributed by atoms with Gasteiger partial charge in [-0.2, -0.15) is 0 Å². The summed E-state index contributed by atoms with van der Waals surface area (Å²) in [4.78, 5) is 14.5. The van der Waals surface area contributed by atoms with E-state index in [1.165, 1.54) is 24.3 Å². The number of rotatable bonds is 5. The van der Waals surface area contributed by atoms with Gasteiger partial charge in [-0.05, 0) is 35.9 Å². The van der Waals surface area contributed by atoms with Crippen LogP contribution in [0.5, 0.6) is 0 Å². The third kappa shape index (κ3) is 4.58. The molecule has 2 aromatic rings. The van der Waals surface area contributed by atoms with Crippen LogP contribution in [-0.4, -0.2) is 43.7 Å². The second kappa shape index (κ2) is 8.58. The molecule has 1 amide bonds. The number of carbonyl (C=O) groups excluding carboxylic acids is 1. The fourth-order valence-corrected chi connectivity index (χ4v) is 3.16. The molecule has 138 valence electrons. The highest BCUT2D eigenvalue weighted by atomic mass is 35.5. The number of nitrogens with zero attached hydrogens (tertiary/aromatic N) is 1. The largest absolute Gasteiger partial charge is 0.379 e. The van der Waals surface area contributed by atoms with Gasteiger partial charge in [-0.3, -0.25) is 9.69 Å². The molecule has 0 bridgehead atoms. The molecule has 1 aliphatic heterocycles. The molecule has 0 unspecified atom stereocenters. The molecule has 7 heteroatoms. The van der Waals surface area contributed by atoms with Gasteiger partial charge in [0.15, 0.2) is 0 Å². The molecule has 0 spiro atoms. The van der Waals surface area contributed by atoms with Crippen molar-refractivity contribution >= 4 is 17.5 Å². The van der Waals surface area contributed by atoms with E-state index in [2.05, 4.69) is 10.2 Å². The zero-order chi connectivity index (χ0) is 18.5. The first-order valence-electron chi connectivity index (χ1n) is 8.35. The molecule has 1 saturated heterocycles. The van der Waals surface area contributed by atoms with E-state index in [1.807, 2.05) is 0 Å². The third-order valence-corrected chi connectivity index (χ3v) is 4.61. The molecule has 1 atom stereocenters. The number of morpholine rings is 1. The van der Waals surface area contributed by atoms with E-state index >= 15 is 0 Å². The first-order chi connectivity index (χ1) is 12.5. The minimum absolute atomic E-state index is 0.0997. The van der Waals surface area contributed by atoms with Gasteiger partial charge in [0, 0.05) is 24.7 Å². The summed E-state index contributed by atoms with van der Waals surface area (Å²) in [5.74, 6) is -1.48. The molecule has 1 aliphatic rings. The number of carbonyl (C=O) groups is 1. The summed E-state index contributed by atoms with van der Waals surface area (Å²) < 4.78 is 32.5. The zero-order valence-corrected chi connectivity index (χ0v) is 14.8. The van der Waals surface area contributed by atoms with Crippen LogP contribution in [0.1, 0.15) is 22.0 Å². The van der Waals surface area contributed by atoms with E-state index in [9.17, 15) is 13.6 Å². The number of hydrogen-bond acceptors (Lipinski definition) is 3. The summed E-state index contributed by atoms with van der Waals surface area (Å²) in [6.07, 6.45) is 0. The summed E-state index contributed by atoms with van der Waals surface area (Å²) in [5.41, 5.74) is 0.775. The smallest absolute Gasteiger partial charge is 0.254 e. The number of amides is 1. The third-order valence-electron chi connectivity index (χ3n) is 4.37. The van der Waals surface area contributed by atoms with Crippen molar-refractivity contribution in [2.24, 2.45) is 0 Å². The Bertz CT molecular complexity index is 765. The maximum absolute atomic E-state index is 13.9. The molecule has 26 heavy (non-hydrogen) atoms. The van der Waals surface area contributed by atoms with Crippen LogP contribution in [0, 0.1) is 11.6 Å². The average molecular weight is 381 g/mol. The second-order valence-electron chi connectivity index (χ2n) is 6.05. The molecule has 1 N–H and O–H groups in total. The minimum atomic E-state index is -0.628. The summed E-state index contributed by atoms with van der Waals surface area (Å²) in [7, 11) is 0. The van der Waals surface area contributed by atoms with Crippen molar-refractivity contribution in [1.29, 1.82) is 0 Å². The van der Waals surface area contributed by atoms with Crippen molar-refractivity contribution in [3.05, 3.63) is 70.2 Å². The van der Waals surface area contributed by atoms with Gasteiger partial charge in [-0.1, -0.05) is 23.7 Å². The predicted molar refractivity (Wildman–Crippen MR) is 95.3 cm³/mol. The van der Waals surface area contributed by atoms with Crippen LogP contribution in [0.4, 0.5) is 8.78 Å². The lowest BCUT2D eigenvalue weighted by Gasteiger charge is -2.35.